The van der Waals surface area contributed by atoms with Crippen molar-refractivity contribution >= 4 is 28.1 Å². The van der Waals surface area contributed by atoms with E-state index >= 15 is 0 Å². The summed E-state index contributed by atoms with van der Waals surface area (Å²) in [7, 11) is 0. The number of fused-ring (bicyclic) bond motifs is 1. The molecule has 1 aliphatic rings. The van der Waals surface area contributed by atoms with Crippen molar-refractivity contribution in [2.24, 2.45) is 0 Å². The molecule has 0 saturated carbocycles. The van der Waals surface area contributed by atoms with Crippen LogP contribution in [0, 0.1) is 0 Å². The first-order valence-electron chi connectivity index (χ1n) is 8.96. The Kier molecular flexibility index (Phi) is 4.92. The van der Waals surface area contributed by atoms with Crippen LogP contribution in [-0.2, 0) is 11.2 Å². The Morgan fingerprint density at radius 2 is 1.96 bits per heavy atom. The summed E-state index contributed by atoms with van der Waals surface area (Å²) >= 11 is 1.53. The van der Waals surface area contributed by atoms with Crippen molar-refractivity contribution in [2.75, 3.05) is 10.6 Å². The number of hydrogen-bond acceptors (Lipinski definition) is 5. The summed E-state index contributed by atoms with van der Waals surface area (Å²) < 4.78 is 0. The second-order valence-electron chi connectivity index (χ2n) is 6.72. The summed E-state index contributed by atoms with van der Waals surface area (Å²) in [5.41, 5.74) is 5.05. The van der Waals surface area contributed by atoms with Crippen molar-refractivity contribution < 1.29 is 9.90 Å². The molecular formula is C21H21N3O2S. The smallest absolute Gasteiger partial charge is 0.221 e. The number of aliphatic hydroxyl groups is 1. The fraction of sp³-hybridized carbons (Fsp3) is 0.238. The molecule has 1 aliphatic carbocycles. The Morgan fingerprint density at radius 1 is 1.19 bits per heavy atom. The molecule has 27 heavy (non-hydrogen) atoms. The van der Waals surface area contributed by atoms with Crippen LogP contribution in [-0.4, -0.2) is 22.1 Å². The normalized spacial score (nSPS) is 18.6. The zero-order valence-corrected chi connectivity index (χ0v) is 15.8. The lowest BCUT2D eigenvalue weighted by atomic mass is 9.86. The highest BCUT2D eigenvalue weighted by atomic mass is 32.1. The van der Waals surface area contributed by atoms with Crippen LogP contribution in [0.4, 0.5) is 10.8 Å². The average Bonchev–Trinajstić information content (AvgIpc) is 3.13. The molecule has 0 aliphatic heterocycles. The molecule has 6 heteroatoms. The number of aliphatic hydroxyl groups excluding tert-OH is 1. The van der Waals surface area contributed by atoms with Crippen LogP contribution in [0.25, 0.3) is 11.3 Å². The van der Waals surface area contributed by atoms with E-state index in [0.717, 1.165) is 40.5 Å². The summed E-state index contributed by atoms with van der Waals surface area (Å²) in [6, 6.07) is 15.7. The Labute approximate surface area is 162 Å². The third-order valence-electron chi connectivity index (χ3n) is 4.77. The minimum Gasteiger partial charge on any atom is -0.391 e. The molecule has 1 amide bonds. The van der Waals surface area contributed by atoms with E-state index in [4.69, 9.17) is 0 Å². The fourth-order valence-electron chi connectivity index (χ4n) is 3.45. The van der Waals surface area contributed by atoms with Gasteiger partial charge in [-0.15, -0.1) is 11.3 Å². The van der Waals surface area contributed by atoms with Gasteiger partial charge in [0.2, 0.25) is 5.91 Å². The van der Waals surface area contributed by atoms with Crippen LogP contribution in [0.3, 0.4) is 0 Å². The Balaban J connectivity index is 1.52. The summed E-state index contributed by atoms with van der Waals surface area (Å²) in [6.07, 6.45) is 1.22. The monoisotopic (exact) mass is 379 g/mol. The van der Waals surface area contributed by atoms with E-state index in [2.05, 4.69) is 27.8 Å². The Morgan fingerprint density at radius 3 is 2.74 bits per heavy atom. The van der Waals surface area contributed by atoms with Crippen LogP contribution in [0.15, 0.2) is 53.9 Å². The molecule has 2 unspecified atom stereocenters. The topological polar surface area (TPSA) is 74.2 Å². The van der Waals surface area contributed by atoms with E-state index in [9.17, 15) is 9.90 Å². The molecule has 3 aromatic rings. The summed E-state index contributed by atoms with van der Waals surface area (Å²) in [5.74, 6) is -0.0887. The lowest BCUT2D eigenvalue weighted by Crippen LogP contribution is -2.30. The molecule has 5 nitrogen and oxygen atoms in total. The number of anilines is 2. The number of benzene rings is 2. The minimum atomic E-state index is -0.427. The van der Waals surface area contributed by atoms with Gasteiger partial charge in [0.15, 0.2) is 5.13 Å². The number of nitrogens with one attached hydrogen (secondary N) is 2. The SMILES string of the molecule is CC(=O)Nc1ccc(-c2csc(NC3c4ccccc4CCC3O)n2)cc1. The molecule has 0 radical (unpaired) electrons. The van der Waals surface area contributed by atoms with E-state index in [0.29, 0.717) is 0 Å². The lowest BCUT2D eigenvalue weighted by molar-refractivity contribution is -0.114. The van der Waals surface area contributed by atoms with Gasteiger partial charge in [0.25, 0.3) is 0 Å². The molecule has 3 N–H and O–H groups in total. The van der Waals surface area contributed by atoms with Gasteiger partial charge in [-0.25, -0.2) is 4.98 Å². The molecule has 0 fully saturated rings. The lowest BCUT2D eigenvalue weighted by Gasteiger charge is -2.30. The summed E-state index contributed by atoms with van der Waals surface area (Å²) in [4.78, 5) is 15.8. The zero-order valence-electron chi connectivity index (χ0n) is 15.0. The Bertz CT molecular complexity index is 952. The van der Waals surface area contributed by atoms with Gasteiger partial charge in [0.1, 0.15) is 0 Å². The third-order valence-corrected chi connectivity index (χ3v) is 5.54. The fourth-order valence-corrected chi connectivity index (χ4v) is 4.21. The van der Waals surface area contributed by atoms with E-state index in [1.54, 1.807) is 0 Å². The first kappa shape index (κ1) is 17.7. The van der Waals surface area contributed by atoms with E-state index in [1.807, 2.05) is 41.8 Å². The number of carbonyl (C=O) groups excluding carboxylic acids is 1. The first-order chi connectivity index (χ1) is 13.1. The van der Waals surface area contributed by atoms with E-state index in [-0.39, 0.29) is 11.9 Å². The van der Waals surface area contributed by atoms with Crippen molar-refractivity contribution in [1.82, 2.24) is 4.98 Å². The molecule has 2 atom stereocenters. The summed E-state index contributed by atoms with van der Waals surface area (Å²) in [5, 5.41) is 19.4. The molecule has 138 valence electrons. The van der Waals surface area contributed by atoms with Crippen molar-refractivity contribution in [3.8, 4) is 11.3 Å². The Hall–Kier alpha value is -2.70. The molecule has 2 aromatic carbocycles. The van der Waals surface area contributed by atoms with Gasteiger partial charge in [0, 0.05) is 23.6 Å². The van der Waals surface area contributed by atoms with Gasteiger partial charge < -0.3 is 15.7 Å². The van der Waals surface area contributed by atoms with Gasteiger partial charge in [-0.1, -0.05) is 36.4 Å². The molecule has 0 saturated heterocycles. The van der Waals surface area contributed by atoms with Gasteiger partial charge >= 0.3 is 0 Å². The quantitative estimate of drug-likeness (QED) is 0.634. The van der Waals surface area contributed by atoms with Gasteiger partial charge in [-0.2, -0.15) is 0 Å². The highest BCUT2D eigenvalue weighted by Crippen LogP contribution is 2.34. The van der Waals surface area contributed by atoms with Crippen LogP contribution >= 0.6 is 11.3 Å². The standard InChI is InChI=1S/C21H21N3O2S/c1-13(25)22-16-9-6-15(7-10-16)18-12-27-21(23-18)24-20-17-5-3-2-4-14(17)8-11-19(20)26/h2-7,9-10,12,19-20,26H,8,11H2,1H3,(H,22,25)(H,23,24). The maximum atomic E-state index is 11.1. The third kappa shape index (κ3) is 3.86. The number of rotatable bonds is 4. The van der Waals surface area contributed by atoms with E-state index < -0.39 is 6.10 Å². The molecule has 1 heterocycles. The number of thiazole rings is 1. The zero-order chi connectivity index (χ0) is 18.8. The highest BCUT2D eigenvalue weighted by molar-refractivity contribution is 7.14. The van der Waals surface area contributed by atoms with Crippen LogP contribution in [0.2, 0.25) is 0 Å². The molecule has 4 rings (SSSR count). The van der Waals surface area contributed by atoms with Crippen LogP contribution < -0.4 is 10.6 Å². The van der Waals surface area contributed by atoms with Crippen molar-refractivity contribution in [1.29, 1.82) is 0 Å². The number of nitrogens with zero attached hydrogens (tertiary/aromatic N) is 1. The largest absolute Gasteiger partial charge is 0.391 e. The van der Waals surface area contributed by atoms with Crippen LogP contribution in [0.1, 0.15) is 30.5 Å². The van der Waals surface area contributed by atoms with Gasteiger partial charge in [0.05, 0.1) is 17.8 Å². The van der Waals surface area contributed by atoms with Crippen LogP contribution in [0.5, 0.6) is 0 Å². The molecule has 1 aromatic heterocycles. The number of amides is 1. The van der Waals surface area contributed by atoms with Crippen molar-refractivity contribution in [2.45, 2.75) is 31.9 Å². The molecule has 0 bridgehead atoms. The first-order valence-corrected chi connectivity index (χ1v) is 9.84. The maximum Gasteiger partial charge on any atom is 0.221 e. The average molecular weight is 379 g/mol. The second kappa shape index (κ2) is 7.50. The van der Waals surface area contributed by atoms with E-state index in [1.165, 1.54) is 23.8 Å². The van der Waals surface area contributed by atoms with Crippen molar-refractivity contribution in [3.05, 3.63) is 65.0 Å². The highest BCUT2D eigenvalue weighted by Gasteiger charge is 2.28. The number of hydrogen-bond donors (Lipinski definition) is 3. The number of aromatic nitrogens is 1. The number of aryl methyl sites for hydroxylation is 1. The van der Waals surface area contributed by atoms with Gasteiger partial charge in [-0.3, -0.25) is 4.79 Å². The number of carbonyl (C=O) groups is 1. The predicted octanol–water partition coefficient (Wildman–Crippen LogP) is 4.23. The maximum absolute atomic E-state index is 11.1. The molecular weight excluding hydrogens is 358 g/mol. The minimum absolute atomic E-state index is 0.0887. The molecule has 0 spiro atoms. The second-order valence-corrected chi connectivity index (χ2v) is 7.58. The predicted molar refractivity (Wildman–Crippen MR) is 109 cm³/mol. The summed E-state index contributed by atoms with van der Waals surface area (Å²) in [6.45, 7) is 1.49. The van der Waals surface area contributed by atoms with Gasteiger partial charge in [-0.05, 0) is 36.1 Å². The van der Waals surface area contributed by atoms with Crippen molar-refractivity contribution in [3.63, 3.8) is 0 Å².